The van der Waals surface area contributed by atoms with Crippen LogP contribution < -0.4 is 5.32 Å². The Kier molecular flexibility index (Phi) is 11.8. The molecule has 3 heteroatoms. The summed E-state index contributed by atoms with van der Waals surface area (Å²) in [6, 6.07) is 0. The second-order valence-electron chi connectivity index (χ2n) is 3.77. The third kappa shape index (κ3) is 12.4. The van der Waals surface area contributed by atoms with Crippen molar-refractivity contribution in [3.05, 3.63) is 0 Å². The average molecular weight is 266 g/mol. The molecule has 0 fully saturated rings. The second-order valence-corrected chi connectivity index (χ2v) is 4.57. The zero-order valence-electron chi connectivity index (χ0n) is 9.52. The van der Waals surface area contributed by atoms with Crippen LogP contribution in [0.2, 0.25) is 0 Å². The van der Waals surface area contributed by atoms with Gasteiger partial charge in [0.15, 0.2) is 0 Å². The Hall–Kier alpha value is 0.400. The van der Waals surface area contributed by atoms with Gasteiger partial charge in [-0.2, -0.15) is 0 Å². The van der Waals surface area contributed by atoms with E-state index in [-0.39, 0.29) is 0 Å². The van der Waals surface area contributed by atoms with Crippen molar-refractivity contribution in [2.75, 3.05) is 25.0 Å². The first-order chi connectivity index (χ1) is 6.77. The highest BCUT2D eigenvalue weighted by Gasteiger charge is 1.92. The van der Waals surface area contributed by atoms with Gasteiger partial charge < -0.3 is 10.1 Å². The minimum absolute atomic E-state index is 0.357. The van der Waals surface area contributed by atoms with Crippen molar-refractivity contribution in [3.8, 4) is 0 Å². The van der Waals surface area contributed by atoms with E-state index < -0.39 is 0 Å². The number of ether oxygens (including phenoxy) is 1. The van der Waals surface area contributed by atoms with E-state index in [0.29, 0.717) is 6.10 Å². The number of hydrogen-bond donors (Lipinski definition) is 1. The lowest BCUT2D eigenvalue weighted by atomic mass is 10.2. The molecule has 0 heterocycles. The predicted molar refractivity (Wildman–Crippen MR) is 66.2 cm³/mol. The smallest absolute Gasteiger partial charge is 0.0594 e. The van der Waals surface area contributed by atoms with Gasteiger partial charge in [0.2, 0.25) is 0 Å². The highest BCUT2D eigenvalue weighted by Crippen LogP contribution is 2.00. The van der Waals surface area contributed by atoms with E-state index in [1.54, 1.807) is 0 Å². The molecule has 14 heavy (non-hydrogen) atoms. The van der Waals surface area contributed by atoms with Gasteiger partial charge in [0.25, 0.3) is 0 Å². The molecule has 2 nitrogen and oxygen atoms in total. The summed E-state index contributed by atoms with van der Waals surface area (Å²) in [6.07, 6.45) is 5.63. The lowest BCUT2D eigenvalue weighted by molar-refractivity contribution is 0.0809. The summed E-state index contributed by atoms with van der Waals surface area (Å²) < 4.78 is 5.42. The standard InChI is InChI=1S/C11H24BrNO/c1-11(2)14-10-9-13-8-6-4-3-5-7-12/h11,13H,3-10H2,1-2H3. The summed E-state index contributed by atoms with van der Waals surface area (Å²) in [5.41, 5.74) is 0. The van der Waals surface area contributed by atoms with Gasteiger partial charge in [-0.1, -0.05) is 28.8 Å². The maximum absolute atomic E-state index is 5.42. The molecule has 0 atom stereocenters. The predicted octanol–water partition coefficient (Wildman–Crippen LogP) is 2.96. The highest BCUT2D eigenvalue weighted by atomic mass is 79.9. The molecule has 0 aromatic heterocycles. The first kappa shape index (κ1) is 14.4. The molecule has 0 aromatic carbocycles. The van der Waals surface area contributed by atoms with Gasteiger partial charge in [0.1, 0.15) is 0 Å². The third-order valence-electron chi connectivity index (χ3n) is 1.97. The molecule has 0 saturated carbocycles. The molecule has 0 unspecified atom stereocenters. The van der Waals surface area contributed by atoms with E-state index in [9.17, 15) is 0 Å². The maximum Gasteiger partial charge on any atom is 0.0594 e. The van der Waals surface area contributed by atoms with Crippen LogP contribution in [0.15, 0.2) is 0 Å². The summed E-state index contributed by atoms with van der Waals surface area (Å²) >= 11 is 3.43. The summed E-state index contributed by atoms with van der Waals surface area (Å²) in [5.74, 6) is 0. The first-order valence-corrected chi connectivity index (χ1v) is 6.77. The fourth-order valence-corrected chi connectivity index (χ4v) is 1.59. The van der Waals surface area contributed by atoms with E-state index in [1.807, 2.05) is 0 Å². The molecule has 0 spiro atoms. The number of alkyl halides is 1. The molecule has 0 rings (SSSR count). The van der Waals surface area contributed by atoms with Crippen LogP contribution in [0.4, 0.5) is 0 Å². The Bertz CT molecular complexity index is 109. The van der Waals surface area contributed by atoms with Crippen molar-refractivity contribution in [3.63, 3.8) is 0 Å². The van der Waals surface area contributed by atoms with Crippen LogP contribution in [-0.4, -0.2) is 31.1 Å². The Morgan fingerprint density at radius 2 is 1.79 bits per heavy atom. The maximum atomic E-state index is 5.42. The van der Waals surface area contributed by atoms with Gasteiger partial charge in [-0.3, -0.25) is 0 Å². The van der Waals surface area contributed by atoms with Crippen LogP contribution in [0, 0.1) is 0 Å². The molecule has 0 radical (unpaired) electrons. The molecular weight excluding hydrogens is 242 g/mol. The van der Waals surface area contributed by atoms with E-state index in [4.69, 9.17) is 4.74 Å². The summed E-state index contributed by atoms with van der Waals surface area (Å²) in [6.45, 7) is 7.08. The third-order valence-corrected chi connectivity index (χ3v) is 2.53. The molecule has 0 aromatic rings. The molecule has 0 aliphatic heterocycles. The molecule has 0 amide bonds. The molecule has 0 saturated heterocycles. The minimum atomic E-state index is 0.357. The minimum Gasteiger partial charge on any atom is -0.377 e. The van der Waals surface area contributed by atoms with Crippen molar-refractivity contribution in [1.29, 1.82) is 0 Å². The van der Waals surface area contributed by atoms with Crippen LogP contribution in [0.1, 0.15) is 39.5 Å². The summed E-state index contributed by atoms with van der Waals surface area (Å²) in [4.78, 5) is 0. The quantitative estimate of drug-likeness (QED) is 0.485. The fraction of sp³-hybridized carbons (Fsp3) is 1.00. The van der Waals surface area contributed by atoms with Gasteiger partial charge in [0.05, 0.1) is 12.7 Å². The van der Waals surface area contributed by atoms with E-state index in [0.717, 1.165) is 25.0 Å². The molecule has 0 bridgehead atoms. The second kappa shape index (κ2) is 11.5. The van der Waals surface area contributed by atoms with Crippen LogP contribution in [-0.2, 0) is 4.74 Å². The molecule has 1 N–H and O–H groups in total. The monoisotopic (exact) mass is 265 g/mol. The van der Waals surface area contributed by atoms with Gasteiger partial charge >= 0.3 is 0 Å². The summed E-state index contributed by atoms with van der Waals surface area (Å²) in [5, 5.41) is 4.52. The Labute approximate surface area is 96.9 Å². The van der Waals surface area contributed by atoms with Crippen LogP contribution in [0.5, 0.6) is 0 Å². The normalized spacial score (nSPS) is 11.1. The Morgan fingerprint density at radius 3 is 2.43 bits per heavy atom. The van der Waals surface area contributed by atoms with E-state index in [1.165, 1.54) is 25.7 Å². The topological polar surface area (TPSA) is 21.3 Å². The van der Waals surface area contributed by atoms with Gasteiger partial charge in [-0.15, -0.1) is 0 Å². The first-order valence-electron chi connectivity index (χ1n) is 5.65. The lowest BCUT2D eigenvalue weighted by Gasteiger charge is -2.08. The van der Waals surface area contributed by atoms with Crippen LogP contribution in [0.3, 0.4) is 0 Å². The van der Waals surface area contributed by atoms with E-state index in [2.05, 4.69) is 35.1 Å². The SMILES string of the molecule is CC(C)OCCNCCCCCCBr. The van der Waals surface area contributed by atoms with Crippen molar-refractivity contribution < 1.29 is 4.74 Å². The zero-order chi connectivity index (χ0) is 10.6. The number of rotatable bonds is 10. The number of halogens is 1. The largest absolute Gasteiger partial charge is 0.377 e. The number of hydrogen-bond acceptors (Lipinski definition) is 2. The highest BCUT2D eigenvalue weighted by molar-refractivity contribution is 9.09. The molecular formula is C11H24BrNO. The number of nitrogens with one attached hydrogen (secondary N) is 1. The number of unbranched alkanes of at least 4 members (excludes halogenated alkanes) is 3. The van der Waals surface area contributed by atoms with Crippen LogP contribution in [0.25, 0.3) is 0 Å². The van der Waals surface area contributed by atoms with Crippen molar-refractivity contribution in [1.82, 2.24) is 5.32 Å². The van der Waals surface area contributed by atoms with Gasteiger partial charge in [0, 0.05) is 11.9 Å². The summed E-state index contributed by atoms with van der Waals surface area (Å²) in [7, 11) is 0. The molecule has 0 aliphatic rings. The van der Waals surface area contributed by atoms with Gasteiger partial charge in [-0.25, -0.2) is 0 Å². The Balaban J connectivity index is 2.85. The zero-order valence-corrected chi connectivity index (χ0v) is 11.1. The fourth-order valence-electron chi connectivity index (χ4n) is 1.19. The average Bonchev–Trinajstić information content (AvgIpc) is 2.15. The van der Waals surface area contributed by atoms with Crippen molar-refractivity contribution in [2.24, 2.45) is 0 Å². The van der Waals surface area contributed by atoms with Crippen molar-refractivity contribution in [2.45, 2.75) is 45.6 Å². The molecule has 86 valence electrons. The van der Waals surface area contributed by atoms with Crippen LogP contribution >= 0.6 is 15.9 Å². The van der Waals surface area contributed by atoms with Crippen molar-refractivity contribution >= 4 is 15.9 Å². The van der Waals surface area contributed by atoms with E-state index >= 15 is 0 Å². The lowest BCUT2D eigenvalue weighted by Crippen LogP contribution is -2.22. The Morgan fingerprint density at radius 1 is 1.07 bits per heavy atom. The van der Waals surface area contributed by atoms with Gasteiger partial charge in [-0.05, 0) is 33.2 Å². The molecule has 0 aliphatic carbocycles.